The average Bonchev–Trinajstić information content (AvgIpc) is 2.79. The number of rotatable bonds is 2. The number of alkyl halides is 3. The number of hydrogen-bond donors (Lipinski definition) is 1. The van der Waals surface area contributed by atoms with Gasteiger partial charge in [0.15, 0.2) is 4.34 Å². The number of nitrogen functional groups attached to an aromatic ring is 1. The fraction of sp³-hybridized carbons (Fsp3) is 0.0769. The molecule has 0 bridgehead atoms. The predicted molar refractivity (Wildman–Crippen MR) is 77.4 cm³/mol. The Kier molecular flexibility index (Phi) is 3.50. The molecule has 0 unspecified atom stereocenters. The summed E-state index contributed by atoms with van der Waals surface area (Å²) in [6.07, 6.45) is -3.54. The maximum atomic E-state index is 12.5. The van der Waals surface area contributed by atoms with Crippen molar-refractivity contribution in [2.75, 3.05) is 5.73 Å². The molecule has 3 aromatic rings. The number of halogens is 3. The Morgan fingerprint density at radius 2 is 1.95 bits per heavy atom. The molecule has 3 rings (SSSR count). The van der Waals surface area contributed by atoms with Crippen LogP contribution in [0.2, 0.25) is 0 Å². The van der Waals surface area contributed by atoms with E-state index in [4.69, 9.17) is 5.73 Å². The molecule has 0 aliphatic heterocycles. The van der Waals surface area contributed by atoms with E-state index in [1.807, 2.05) is 12.1 Å². The van der Waals surface area contributed by atoms with Gasteiger partial charge in [-0.2, -0.15) is 13.2 Å². The molecule has 0 radical (unpaired) electrons. The van der Waals surface area contributed by atoms with Gasteiger partial charge >= 0.3 is 6.18 Å². The molecule has 2 heterocycles. The molecule has 0 fully saturated rings. The number of pyridine rings is 1. The predicted octanol–water partition coefficient (Wildman–Crippen LogP) is 4.44. The summed E-state index contributed by atoms with van der Waals surface area (Å²) < 4.78 is 39.0. The normalized spacial score (nSPS) is 12.0. The highest BCUT2D eigenvalue weighted by molar-refractivity contribution is 8.01. The van der Waals surface area contributed by atoms with Crippen LogP contribution in [0.3, 0.4) is 0 Å². The van der Waals surface area contributed by atoms with Gasteiger partial charge in [0.1, 0.15) is 5.03 Å². The Morgan fingerprint density at radius 1 is 1.14 bits per heavy atom. The second-order valence-electron chi connectivity index (χ2n) is 4.19. The third-order valence-electron chi connectivity index (χ3n) is 2.65. The second-order valence-corrected chi connectivity index (χ2v) is 6.49. The largest absolute Gasteiger partial charge is 0.417 e. The minimum atomic E-state index is -4.37. The van der Waals surface area contributed by atoms with E-state index in [-0.39, 0.29) is 0 Å². The standard InChI is InChI=1S/C13H8F3N3S2/c14-13(15,16)7-1-4-11(18-6-7)21-12-19-9-3-2-8(17)5-10(9)20-12/h1-6H,17H2. The first-order chi connectivity index (χ1) is 9.91. The van der Waals surface area contributed by atoms with Crippen molar-refractivity contribution in [2.24, 2.45) is 0 Å². The lowest BCUT2D eigenvalue weighted by Gasteiger charge is -2.05. The van der Waals surface area contributed by atoms with Gasteiger partial charge in [-0.3, -0.25) is 0 Å². The van der Waals surface area contributed by atoms with Crippen LogP contribution < -0.4 is 5.73 Å². The van der Waals surface area contributed by atoms with Crippen LogP contribution >= 0.6 is 23.1 Å². The second kappa shape index (κ2) is 5.19. The van der Waals surface area contributed by atoms with Gasteiger partial charge in [0, 0.05) is 11.9 Å². The molecule has 2 aromatic heterocycles. The van der Waals surface area contributed by atoms with E-state index < -0.39 is 11.7 Å². The zero-order valence-corrected chi connectivity index (χ0v) is 12.0. The van der Waals surface area contributed by atoms with Gasteiger partial charge in [-0.25, -0.2) is 9.97 Å². The monoisotopic (exact) mass is 327 g/mol. The van der Waals surface area contributed by atoms with E-state index in [1.165, 1.54) is 29.2 Å². The zero-order valence-electron chi connectivity index (χ0n) is 10.4. The maximum Gasteiger partial charge on any atom is 0.417 e. The summed E-state index contributed by atoms with van der Waals surface area (Å²) in [6.45, 7) is 0. The molecule has 108 valence electrons. The SMILES string of the molecule is Nc1ccc2nc(Sc3ccc(C(F)(F)F)cn3)sc2c1. The Labute approximate surface area is 126 Å². The third kappa shape index (κ3) is 3.11. The van der Waals surface area contributed by atoms with E-state index in [9.17, 15) is 13.2 Å². The molecule has 0 aliphatic carbocycles. The molecule has 0 spiro atoms. The summed E-state index contributed by atoms with van der Waals surface area (Å²) in [5.74, 6) is 0. The molecule has 0 amide bonds. The Balaban J connectivity index is 1.84. The van der Waals surface area contributed by atoms with Crippen molar-refractivity contribution in [1.82, 2.24) is 9.97 Å². The summed E-state index contributed by atoms with van der Waals surface area (Å²) in [5.41, 5.74) is 6.39. The molecule has 8 heteroatoms. The third-order valence-corrected chi connectivity index (χ3v) is 4.68. The minimum absolute atomic E-state index is 0.468. The van der Waals surface area contributed by atoms with E-state index in [0.717, 1.165) is 22.5 Å². The quantitative estimate of drug-likeness (QED) is 0.707. The van der Waals surface area contributed by atoms with E-state index in [2.05, 4.69) is 9.97 Å². The first kappa shape index (κ1) is 14.2. The summed E-state index contributed by atoms with van der Waals surface area (Å²) >= 11 is 2.65. The number of benzene rings is 1. The number of fused-ring (bicyclic) bond motifs is 1. The Bertz CT molecular complexity index is 781. The number of nitrogens with two attached hydrogens (primary N) is 1. The van der Waals surface area contributed by atoms with Crippen LogP contribution in [0, 0.1) is 0 Å². The van der Waals surface area contributed by atoms with Crippen LogP contribution in [-0.4, -0.2) is 9.97 Å². The molecular weight excluding hydrogens is 319 g/mol. The Hall–Kier alpha value is -1.80. The number of anilines is 1. The molecule has 0 saturated heterocycles. The molecule has 0 aliphatic rings. The van der Waals surface area contributed by atoms with Gasteiger partial charge in [0.05, 0.1) is 15.8 Å². The van der Waals surface area contributed by atoms with Gasteiger partial charge in [0.2, 0.25) is 0 Å². The average molecular weight is 327 g/mol. The number of thiazole rings is 1. The van der Waals surface area contributed by atoms with Gasteiger partial charge in [-0.1, -0.05) is 0 Å². The molecule has 0 saturated carbocycles. The van der Waals surface area contributed by atoms with Crippen molar-refractivity contribution >= 4 is 39.0 Å². The first-order valence-electron chi connectivity index (χ1n) is 5.79. The van der Waals surface area contributed by atoms with E-state index in [0.29, 0.717) is 15.1 Å². The first-order valence-corrected chi connectivity index (χ1v) is 7.42. The smallest absolute Gasteiger partial charge is 0.399 e. The molecule has 1 aromatic carbocycles. The van der Waals surface area contributed by atoms with Crippen molar-refractivity contribution < 1.29 is 13.2 Å². The van der Waals surface area contributed by atoms with E-state index in [1.54, 1.807) is 6.07 Å². The van der Waals surface area contributed by atoms with Crippen molar-refractivity contribution in [3.8, 4) is 0 Å². The van der Waals surface area contributed by atoms with Gasteiger partial charge in [-0.15, -0.1) is 11.3 Å². The minimum Gasteiger partial charge on any atom is -0.399 e. The summed E-state index contributed by atoms with van der Waals surface area (Å²) in [4.78, 5) is 8.20. The van der Waals surface area contributed by atoms with Crippen molar-refractivity contribution in [3.63, 3.8) is 0 Å². The van der Waals surface area contributed by atoms with Crippen molar-refractivity contribution in [1.29, 1.82) is 0 Å². The molecule has 0 atom stereocenters. The fourth-order valence-corrected chi connectivity index (χ4v) is 3.66. The highest BCUT2D eigenvalue weighted by Gasteiger charge is 2.30. The van der Waals surface area contributed by atoms with Crippen LogP contribution in [0.5, 0.6) is 0 Å². The van der Waals surface area contributed by atoms with Crippen molar-refractivity contribution in [2.45, 2.75) is 15.5 Å². The topological polar surface area (TPSA) is 51.8 Å². The number of aromatic nitrogens is 2. The lowest BCUT2D eigenvalue weighted by molar-refractivity contribution is -0.137. The Morgan fingerprint density at radius 3 is 2.62 bits per heavy atom. The fourth-order valence-electron chi connectivity index (χ4n) is 1.66. The summed E-state index contributed by atoms with van der Waals surface area (Å²) in [7, 11) is 0. The molecular formula is C13H8F3N3S2. The van der Waals surface area contributed by atoms with Gasteiger partial charge < -0.3 is 5.73 Å². The highest BCUT2D eigenvalue weighted by atomic mass is 32.2. The van der Waals surface area contributed by atoms with Crippen LogP contribution in [-0.2, 0) is 6.18 Å². The number of hydrogen-bond acceptors (Lipinski definition) is 5. The summed E-state index contributed by atoms with van der Waals surface area (Å²) in [6, 6.07) is 7.74. The van der Waals surface area contributed by atoms with Gasteiger partial charge in [0.25, 0.3) is 0 Å². The van der Waals surface area contributed by atoms with Crippen molar-refractivity contribution in [3.05, 3.63) is 42.1 Å². The molecule has 21 heavy (non-hydrogen) atoms. The van der Waals surface area contributed by atoms with Crippen LogP contribution in [0.4, 0.5) is 18.9 Å². The van der Waals surface area contributed by atoms with E-state index >= 15 is 0 Å². The van der Waals surface area contributed by atoms with Crippen LogP contribution in [0.15, 0.2) is 45.9 Å². The summed E-state index contributed by atoms with van der Waals surface area (Å²) in [5, 5.41) is 0.468. The zero-order chi connectivity index (χ0) is 15.0. The lowest BCUT2D eigenvalue weighted by Crippen LogP contribution is -2.04. The highest BCUT2D eigenvalue weighted by Crippen LogP contribution is 2.35. The van der Waals surface area contributed by atoms with Crippen LogP contribution in [0.25, 0.3) is 10.2 Å². The van der Waals surface area contributed by atoms with Crippen LogP contribution in [0.1, 0.15) is 5.56 Å². The number of nitrogens with zero attached hydrogens (tertiary/aromatic N) is 2. The molecule has 3 nitrogen and oxygen atoms in total. The van der Waals surface area contributed by atoms with Gasteiger partial charge in [-0.05, 0) is 42.1 Å². The maximum absolute atomic E-state index is 12.5. The lowest BCUT2D eigenvalue weighted by atomic mass is 10.3. The molecule has 2 N–H and O–H groups in total.